The minimum atomic E-state index is -0.456. The fourth-order valence-corrected chi connectivity index (χ4v) is 2.15. The van der Waals surface area contributed by atoms with Crippen LogP contribution < -0.4 is 14.8 Å². The Morgan fingerprint density at radius 2 is 1.56 bits per heavy atom. The Balaban J connectivity index is 1.85. The standard InChI is InChI=1S/C19H21NO5/c1-13-4-6-14(7-5-13)8-19(22)25-12-18(21)20-15-9-16(23-2)11-17(10-15)24-3/h4-7,9-11H,8,12H2,1-3H3,(H,20,21). The van der Waals surface area contributed by atoms with Crippen molar-refractivity contribution in [2.75, 3.05) is 26.1 Å². The lowest BCUT2D eigenvalue weighted by molar-refractivity contribution is -0.146. The number of aryl methyl sites for hydroxylation is 1. The smallest absolute Gasteiger partial charge is 0.310 e. The third-order valence-corrected chi connectivity index (χ3v) is 3.47. The van der Waals surface area contributed by atoms with E-state index in [0.717, 1.165) is 11.1 Å². The maximum atomic E-state index is 11.9. The van der Waals surface area contributed by atoms with E-state index in [9.17, 15) is 9.59 Å². The normalized spacial score (nSPS) is 10.0. The lowest BCUT2D eigenvalue weighted by Crippen LogP contribution is -2.21. The van der Waals surface area contributed by atoms with Crippen molar-refractivity contribution in [3.8, 4) is 11.5 Å². The zero-order valence-electron chi connectivity index (χ0n) is 14.5. The summed E-state index contributed by atoms with van der Waals surface area (Å²) in [5, 5.41) is 2.64. The molecule has 0 aliphatic heterocycles. The largest absolute Gasteiger partial charge is 0.497 e. The third-order valence-electron chi connectivity index (χ3n) is 3.47. The van der Waals surface area contributed by atoms with Gasteiger partial charge in [-0.3, -0.25) is 9.59 Å². The second kappa shape index (κ2) is 8.73. The number of carbonyl (C=O) groups excluding carboxylic acids is 2. The molecule has 1 N–H and O–H groups in total. The molecule has 0 bridgehead atoms. The van der Waals surface area contributed by atoms with E-state index in [1.165, 1.54) is 14.2 Å². The van der Waals surface area contributed by atoms with Crippen molar-refractivity contribution in [1.29, 1.82) is 0 Å². The van der Waals surface area contributed by atoms with Gasteiger partial charge in [0.05, 0.1) is 20.6 Å². The minimum Gasteiger partial charge on any atom is -0.497 e. The van der Waals surface area contributed by atoms with Crippen molar-refractivity contribution in [2.45, 2.75) is 13.3 Å². The van der Waals surface area contributed by atoms with Gasteiger partial charge in [0.1, 0.15) is 11.5 Å². The van der Waals surface area contributed by atoms with E-state index in [-0.39, 0.29) is 13.0 Å². The van der Waals surface area contributed by atoms with Crippen LogP contribution in [0.4, 0.5) is 5.69 Å². The van der Waals surface area contributed by atoms with E-state index in [0.29, 0.717) is 17.2 Å². The highest BCUT2D eigenvalue weighted by atomic mass is 16.5. The van der Waals surface area contributed by atoms with Crippen molar-refractivity contribution < 1.29 is 23.8 Å². The molecule has 6 nitrogen and oxygen atoms in total. The topological polar surface area (TPSA) is 73.9 Å². The molecule has 2 aromatic rings. The number of hydrogen-bond acceptors (Lipinski definition) is 5. The molecule has 0 fully saturated rings. The molecule has 0 spiro atoms. The van der Waals surface area contributed by atoms with Gasteiger partial charge in [-0.25, -0.2) is 0 Å². The second-order valence-corrected chi connectivity index (χ2v) is 5.47. The summed E-state index contributed by atoms with van der Waals surface area (Å²) in [4.78, 5) is 23.8. The number of rotatable bonds is 7. The van der Waals surface area contributed by atoms with Crippen LogP contribution in [-0.4, -0.2) is 32.7 Å². The number of amides is 1. The summed E-state index contributed by atoms with van der Waals surface area (Å²) in [6.07, 6.45) is 0.126. The van der Waals surface area contributed by atoms with E-state index < -0.39 is 11.9 Å². The highest BCUT2D eigenvalue weighted by Crippen LogP contribution is 2.25. The van der Waals surface area contributed by atoms with Crippen LogP contribution in [0, 0.1) is 6.92 Å². The van der Waals surface area contributed by atoms with Crippen LogP contribution in [0.5, 0.6) is 11.5 Å². The molecule has 0 unspecified atom stereocenters. The van der Waals surface area contributed by atoms with Crippen molar-refractivity contribution in [2.24, 2.45) is 0 Å². The number of methoxy groups -OCH3 is 2. The molecule has 1 amide bonds. The first kappa shape index (κ1) is 18.3. The number of benzene rings is 2. The summed E-state index contributed by atoms with van der Waals surface area (Å²) in [5.74, 6) is 0.201. The van der Waals surface area contributed by atoms with E-state index in [2.05, 4.69) is 5.32 Å². The molecule has 0 aliphatic rings. The number of ether oxygens (including phenoxy) is 3. The minimum absolute atomic E-state index is 0.126. The molecule has 0 aliphatic carbocycles. The Hall–Kier alpha value is -3.02. The van der Waals surface area contributed by atoms with Gasteiger partial charge in [0.2, 0.25) is 0 Å². The first-order valence-corrected chi connectivity index (χ1v) is 7.74. The average Bonchev–Trinajstić information content (AvgIpc) is 2.61. The van der Waals surface area contributed by atoms with Crippen LogP contribution >= 0.6 is 0 Å². The van der Waals surface area contributed by atoms with Gasteiger partial charge in [-0.1, -0.05) is 29.8 Å². The molecule has 2 aromatic carbocycles. The van der Waals surface area contributed by atoms with E-state index in [1.807, 2.05) is 31.2 Å². The predicted octanol–water partition coefficient (Wildman–Crippen LogP) is 2.74. The molecular weight excluding hydrogens is 322 g/mol. The van der Waals surface area contributed by atoms with Gasteiger partial charge in [-0.15, -0.1) is 0 Å². The number of anilines is 1. The number of carbonyl (C=O) groups is 2. The molecule has 25 heavy (non-hydrogen) atoms. The molecule has 6 heteroatoms. The Morgan fingerprint density at radius 3 is 2.12 bits per heavy atom. The van der Waals surface area contributed by atoms with Crippen molar-refractivity contribution in [3.63, 3.8) is 0 Å². The Kier molecular flexibility index (Phi) is 6.39. The zero-order chi connectivity index (χ0) is 18.2. The lowest BCUT2D eigenvalue weighted by atomic mass is 10.1. The summed E-state index contributed by atoms with van der Waals surface area (Å²) in [5.41, 5.74) is 2.45. The van der Waals surface area contributed by atoms with Gasteiger partial charge in [0.25, 0.3) is 5.91 Å². The van der Waals surface area contributed by atoms with Crippen LogP contribution in [0.1, 0.15) is 11.1 Å². The van der Waals surface area contributed by atoms with Gasteiger partial charge in [-0.05, 0) is 12.5 Å². The van der Waals surface area contributed by atoms with E-state index in [1.54, 1.807) is 18.2 Å². The average molecular weight is 343 g/mol. The molecule has 0 saturated heterocycles. The SMILES string of the molecule is COc1cc(NC(=O)COC(=O)Cc2ccc(C)cc2)cc(OC)c1. The van der Waals surface area contributed by atoms with E-state index >= 15 is 0 Å². The van der Waals surface area contributed by atoms with Crippen LogP contribution in [0.2, 0.25) is 0 Å². The highest BCUT2D eigenvalue weighted by molar-refractivity contribution is 5.93. The van der Waals surface area contributed by atoms with Crippen LogP contribution in [0.3, 0.4) is 0 Å². The van der Waals surface area contributed by atoms with Crippen molar-refractivity contribution in [3.05, 3.63) is 53.6 Å². The van der Waals surface area contributed by atoms with Crippen LogP contribution in [-0.2, 0) is 20.7 Å². The number of esters is 1. The molecular formula is C19H21NO5. The maximum Gasteiger partial charge on any atom is 0.310 e. The zero-order valence-corrected chi connectivity index (χ0v) is 14.5. The van der Waals surface area contributed by atoms with E-state index in [4.69, 9.17) is 14.2 Å². The van der Waals surface area contributed by atoms with Crippen molar-refractivity contribution >= 4 is 17.6 Å². The lowest BCUT2D eigenvalue weighted by Gasteiger charge is -2.10. The summed E-state index contributed by atoms with van der Waals surface area (Å²) < 4.78 is 15.3. The van der Waals surface area contributed by atoms with Gasteiger partial charge in [-0.2, -0.15) is 0 Å². The fourth-order valence-electron chi connectivity index (χ4n) is 2.15. The Labute approximate surface area is 146 Å². The number of hydrogen-bond donors (Lipinski definition) is 1. The molecule has 0 aromatic heterocycles. The molecule has 132 valence electrons. The second-order valence-electron chi connectivity index (χ2n) is 5.47. The van der Waals surface area contributed by atoms with Gasteiger partial charge >= 0.3 is 5.97 Å². The van der Waals surface area contributed by atoms with Gasteiger partial charge < -0.3 is 19.5 Å². The fraction of sp³-hybridized carbons (Fsp3) is 0.263. The summed E-state index contributed by atoms with van der Waals surface area (Å²) in [6.45, 7) is 1.62. The molecule has 0 saturated carbocycles. The van der Waals surface area contributed by atoms with Crippen LogP contribution in [0.15, 0.2) is 42.5 Å². The summed E-state index contributed by atoms with van der Waals surface area (Å²) in [7, 11) is 3.04. The van der Waals surface area contributed by atoms with Crippen molar-refractivity contribution in [1.82, 2.24) is 0 Å². The molecule has 0 atom stereocenters. The number of nitrogens with one attached hydrogen (secondary N) is 1. The third kappa shape index (κ3) is 5.84. The first-order chi connectivity index (χ1) is 12.0. The molecule has 0 radical (unpaired) electrons. The summed E-state index contributed by atoms with van der Waals surface area (Å²) >= 11 is 0. The first-order valence-electron chi connectivity index (χ1n) is 7.74. The maximum absolute atomic E-state index is 11.9. The quantitative estimate of drug-likeness (QED) is 0.783. The highest BCUT2D eigenvalue weighted by Gasteiger charge is 2.10. The van der Waals surface area contributed by atoms with Crippen LogP contribution in [0.25, 0.3) is 0 Å². The predicted molar refractivity (Wildman–Crippen MR) is 94.0 cm³/mol. The monoisotopic (exact) mass is 343 g/mol. The van der Waals surface area contributed by atoms with Gasteiger partial charge in [0, 0.05) is 23.9 Å². The molecule has 2 rings (SSSR count). The molecule has 0 heterocycles. The Morgan fingerprint density at radius 1 is 0.960 bits per heavy atom. The Bertz CT molecular complexity index is 718. The van der Waals surface area contributed by atoms with Gasteiger partial charge in [0.15, 0.2) is 6.61 Å². The summed E-state index contributed by atoms with van der Waals surface area (Å²) in [6, 6.07) is 12.6.